The molecule has 3 rings (SSSR count). The van der Waals surface area contributed by atoms with E-state index in [1.165, 1.54) is 17.2 Å². The molecule has 0 radical (unpaired) electrons. The molecule has 1 aromatic heterocycles. The molecule has 2 aromatic rings. The summed E-state index contributed by atoms with van der Waals surface area (Å²) in [7, 11) is 0. The number of amides is 2. The third-order valence-electron chi connectivity index (χ3n) is 4.52. The molecule has 0 bridgehead atoms. The number of hydrogen-bond acceptors (Lipinski definition) is 4. The van der Waals surface area contributed by atoms with Crippen LogP contribution in [-0.4, -0.2) is 30.0 Å². The van der Waals surface area contributed by atoms with Crippen LogP contribution in [0.4, 0.5) is 14.5 Å². The van der Waals surface area contributed by atoms with E-state index in [2.05, 4.69) is 15.0 Å². The van der Waals surface area contributed by atoms with Gasteiger partial charge in [0.05, 0.1) is 5.41 Å². The monoisotopic (exact) mass is 443 g/mol. The van der Waals surface area contributed by atoms with E-state index < -0.39 is 12.0 Å². The number of pyridine rings is 1. The fourth-order valence-electron chi connectivity index (χ4n) is 3.12. The molecule has 1 aliphatic heterocycles. The zero-order chi connectivity index (χ0) is 21.2. The summed E-state index contributed by atoms with van der Waals surface area (Å²) in [6.45, 7) is -1.07. The number of nitrogens with one attached hydrogen (secondary N) is 1. The van der Waals surface area contributed by atoms with Crippen molar-refractivity contribution in [3.8, 4) is 5.88 Å². The molecule has 0 spiro atoms. The van der Waals surface area contributed by atoms with E-state index in [0.717, 1.165) is 0 Å². The molecule has 6 nitrogen and oxygen atoms in total. The number of carbonyl (C=O) groups excluding carboxylic acids is 2. The van der Waals surface area contributed by atoms with Crippen LogP contribution < -0.4 is 15.0 Å². The maximum Gasteiger partial charge on any atom is 0.388 e. The van der Waals surface area contributed by atoms with Crippen LogP contribution in [-0.2, 0) is 16.1 Å². The number of benzene rings is 1. The summed E-state index contributed by atoms with van der Waals surface area (Å²) in [5.74, 6) is -0.801. The predicted molar refractivity (Wildman–Crippen MR) is 104 cm³/mol. The molecule has 1 unspecified atom stereocenters. The van der Waals surface area contributed by atoms with E-state index in [4.69, 9.17) is 23.2 Å². The Kier molecular flexibility index (Phi) is 6.24. The van der Waals surface area contributed by atoms with Gasteiger partial charge in [-0.3, -0.25) is 9.59 Å². The summed E-state index contributed by atoms with van der Waals surface area (Å²) >= 11 is 12.0. The minimum absolute atomic E-state index is 0.0130. The number of ether oxygens (including phenoxy) is 1. The number of anilines is 1. The first-order valence-electron chi connectivity index (χ1n) is 8.61. The summed E-state index contributed by atoms with van der Waals surface area (Å²) < 4.78 is 28.8. The van der Waals surface area contributed by atoms with E-state index in [9.17, 15) is 18.4 Å². The lowest BCUT2D eigenvalue weighted by Gasteiger charge is -2.23. The maximum absolute atomic E-state index is 12.8. The molecule has 2 amide bonds. The van der Waals surface area contributed by atoms with Gasteiger partial charge in [-0.1, -0.05) is 23.2 Å². The van der Waals surface area contributed by atoms with E-state index in [1.807, 2.05) is 0 Å². The van der Waals surface area contributed by atoms with Crippen LogP contribution in [0.2, 0.25) is 10.0 Å². The van der Waals surface area contributed by atoms with Crippen molar-refractivity contribution in [1.82, 2.24) is 10.3 Å². The Balaban J connectivity index is 1.67. The molecule has 29 heavy (non-hydrogen) atoms. The zero-order valence-electron chi connectivity index (χ0n) is 15.3. The number of hydrogen-bond donors (Lipinski definition) is 1. The van der Waals surface area contributed by atoms with Crippen molar-refractivity contribution in [2.75, 3.05) is 11.4 Å². The smallest absolute Gasteiger partial charge is 0.388 e. The molecular formula is C19H17Cl2F2N3O3. The summed E-state index contributed by atoms with van der Waals surface area (Å²) in [5, 5.41) is 3.51. The Hall–Kier alpha value is -2.45. The van der Waals surface area contributed by atoms with Gasteiger partial charge in [-0.2, -0.15) is 8.78 Å². The molecule has 0 aliphatic carbocycles. The topological polar surface area (TPSA) is 71.5 Å². The molecule has 1 fully saturated rings. The second kappa shape index (κ2) is 8.51. The fraction of sp³-hybridized carbons (Fsp3) is 0.316. The van der Waals surface area contributed by atoms with Gasteiger partial charge in [0.15, 0.2) is 0 Å². The molecule has 1 atom stereocenters. The molecule has 10 heteroatoms. The van der Waals surface area contributed by atoms with Crippen molar-refractivity contribution in [1.29, 1.82) is 0 Å². The third kappa shape index (κ3) is 5.13. The molecule has 1 aliphatic rings. The zero-order valence-corrected chi connectivity index (χ0v) is 16.8. The van der Waals surface area contributed by atoms with Gasteiger partial charge in [-0.15, -0.1) is 0 Å². The Morgan fingerprint density at radius 3 is 2.66 bits per heavy atom. The number of aromatic nitrogens is 1. The number of carbonyl (C=O) groups is 2. The van der Waals surface area contributed by atoms with Gasteiger partial charge in [0, 0.05) is 47.5 Å². The van der Waals surface area contributed by atoms with Crippen molar-refractivity contribution >= 4 is 40.7 Å². The standard InChI is InChI=1S/C19H17Cl2F2N3O3/c1-19(8-16(27)26(10-19)14-6-12(20)5-13(21)7-14)17(28)25-9-11-2-3-24-15(4-11)29-18(22)23/h2-7,18H,8-10H2,1H3,(H,25,28). The van der Waals surface area contributed by atoms with Crippen LogP contribution in [0.3, 0.4) is 0 Å². The Morgan fingerprint density at radius 1 is 1.31 bits per heavy atom. The van der Waals surface area contributed by atoms with Gasteiger partial charge in [-0.05, 0) is 36.8 Å². The van der Waals surface area contributed by atoms with Crippen LogP contribution in [0.5, 0.6) is 5.88 Å². The lowest BCUT2D eigenvalue weighted by atomic mass is 9.88. The summed E-state index contributed by atoms with van der Waals surface area (Å²) in [5.41, 5.74) is 0.0867. The largest absolute Gasteiger partial charge is 0.417 e. The van der Waals surface area contributed by atoms with Crippen LogP contribution in [0.1, 0.15) is 18.9 Å². The number of alkyl halides is 2. The first-order valence-corrected chi connectivity index (χ1v) is 9.36. The average Bonchev–Trinajstić information content (AvgIpc) is 2.94. The quantitative estimate of drug-likeness (QED) is 0.730. The molecule has 0 saturated carbocycles. The molecule has 2 heterocycles. The Morgan fingerprint density at radius 2 is 2.00 bits per heavy atom. The lowest BCUT2D eigenvalue weighted by molar-refractivity contribution is -0.131. The van der Waals surface area contributed by atoms with Gasteiger partial charge in [0.25, 0.3) is 0 Å². The highest BCUT2D eigenvalue weighted by molar-refractivity contribution is 6.35. The average molecular weight is 444 g/mol. The second-order valence-electron chi connectivity index (χ2n) is 6.91. The first-order chi connectivity index (χ1) is 13.7. The predicted octanol–water partition coefficient (Wildman–Crippen LogP) is 4.05. The highest BCUT2D eigenvalue weighted by Gasteiger charge is 2.45. The van der Waals surface area contributed by atoms with Crippen LogP contribution in [0, 0.1) is 5.41 Å². The highest BCUT2D eigenvalue weighted by atomic mass is 35.5. The van der Waals surface area contributed by atoms with Crippen LogP contribution >= 0.6 is 23.2 Å². The van der Waals surface area contributed by atoms with Crippen LogP contribution in [0.25, 0.3) is 0 Å². The van der Waals surface area contributed by atoms with E-state index in [1.54, 1.807) is 31.2 Å². The second-order valence-corrected chi connectivity index (χ2v) is 7.78. The number of rotatable bonds is 6. The van der Waals surface area contributed by atoms with Gasteiger partial charge in [-0.25, -0.2) is 4.98 Å². The molecule has 1 saturated heterocycles. The van der Waals surface area contributed by atoms with Crippen LogP contribution in [0.15, 0.2) is 36.5 Å². The van der Waals surface area contributed by atoms with E-state index in [-0.39, 0.29) is 37.2 Å². The molecule has 1 aromatic carbocycles. The Labute approximate surface area is 175 Å². The van der Waals surface area contributed by atoms with Gasteiger partial charge < -0.3 is 15.0 Å². The van der Waals surface area contributed by atoms with E-state index >= 15 is 0 Å². The van der Waals surface area contributed by atoms with Crippen molar-refractivity contribution in [2.45, 2.75) is 26.5 Å². The summed E-state index contributed by atoms with van der Waals surface area (Å²) in [6.07, 6.45) is 1.32. The third-order valence-corrected chi connectivity index (χ3v) is 4.96. The lowest BCUT2D eigenvalue weighted by Crippen LogP contribution is -2.40. The van der Waals surface area contributed by atoms with Gasteiger partial charge in [0.1, 0.15) is 0 Å². The normalized spacial score (nSPS) is 19.0. The van der Waals surface area contributed by atoms with Crippen molar-refractivity contribution in [2.24, 2.45) is 5.41 Å². The maximum atomic E-state index is 12.8. The molecule has 154 valence electrons. The fourth-order valence-corrected chi connectivity index (χ4v) is 3.63. The summed E-state index contributed by atoms with van der Waals surface area (Å²) in [6, 6.07) is 7.66. The van der Waals surface area contributed by atoms with Crippen molar-refractivity contribution in [3.05, 3.63) is 52.1 Å². The first kappa shape index (κ1) is 21.3. The molecule has 1 N–H and O–H groups in total. The van der Waals surface area contributed by atoms with Crippen molar-refractivity contribution < 1.29 is 23.1 Å². The van der Waals surface area contributed by atoms with Gasteiger partial charge >= 0.3 is 6.61 Å². The van der Waals surface area contributed by atoms with Gasteiger partial charge in [0.2, 0.25) is 17.7 Å². The highest BCUT2D eigenvalue weighted by Crippen LogP contribution is 2.36. The molecular weight excluding hydrogens is 427 g/mol. The van der Waals surface area contributed by atoms with Crippen molar-refractivity contribution in [3.63, 3.8) is 0 Å². The number of halogens is 4. The minimum Gasteiger partial charge on any atom is -0.417 e. The SMILES string of the molecule is CC1(C(=O)NCc2ccnc(OC(F)F)c2)CC(=O)N(c2cc(Cl)cc(Cl)c2)C1. The summed E-state index contributed by atoms with van der Waals surface area (Å²) in [4.78, 5) is 30.4. The number of nitrogens with zero attached hydrogens (tertiary/aromatic N) is 2. The van der Waals surface area contributed by atoms with E-state index in [0.29, 0.717) is 21.3 Å². The Bertz CT molecular complexity index is 924. The minimum atomic E-state index is -2.98.